The Kier molecular flexibility index (Phi) is 4.44. The Morgan fingerprint density at radius 3 is 2.40 bits per heavy atom. The van der Waals surface area contributed by atoms with Crippen LogP contribution in [0.25, 0.3) is 0 Å². The molecule has 7 nitrogen and oxygen atoms in total. The highest BCUT2D eigenvalue weighted by molar-refractivity contribution is 5.97. The number of nitrogens with zero attached hydrogens (tertiary/aromatic N) is 1. The first-order chi connectivity index (χ1) is 9.12. The summed E-state index contributed by atoms with van der Waals surface area (Å²) in [6.07, 6.45) is 0. The van der Waals surface area contributed by atoms with E-state index in [1.54, 1.807) is 20.8 Å². The van der Waals surface area contributed by atoms with E-state index in [1.165, 1.54) is 18.2 Å². The zero-order valence-corrected chi connectivity index (χ0v) is 11.4. The topological polar surface area (TPSA) is 110 Å². The van der Waals surface area contributed by atoms with Crippen molar-refractivity contribution in [3.05, 3.63) is 39.9 Å². The summed E-state index contributed by atoms with van der Waals surface area (Å²) in [6.45, 7) is 5.04. The molecule has 20 heavy (non-hydrogen) atoms. The van der Waals surface area contributed by atoms with Crippen LogP contribution in [0.1, 0.15) is 31.1 Å². The molecule has 1 atom stereocenters. The van der Waals surface area contributed by atoms with Crippen LogP contribution in [0, 0.1) is 15.5 Å². The summed E-state index contributed by atoms with van der Waals surface area (Å²) in [5, 5.41) is 22.1. The molecule has 0 aliphatic heterocycles. The van der Waals surface area contributed by atoms with Crippen molar-refractivity contribution in [2.24, 2.45) is 5.41 Å². The predicted molar refractivity (Wildman–Crippen MR) is 71.4 cm³/mol. The number of nitrogens with one attached hydrogen (secondary N) is 1. The molecule has 1 aromatic carbocycles. The van der Waals surface area contributed by atoms with Gasteiger partial charge in [-0.1, -0.05) is 26.8 Å². The lowest BCUT2D eigenvalue weighted by molar-refractivity contribution is -0.384. The molecule has 0 aliphatic carbocycles. The number of amides is 1. The lowest BCUT2D eigenvalue weighted by Gasteiger charge is -2.27. The summed E-state index contributed by atoms with van der Waals surface area (Å²) in [5.41, 5.74) is -0.850. The minimum absolute atomic E-state index is 0.0506. The van der Waals surface area contributed by atoms with E-state index in [1.807, 2.05) is 0 Å². The van der Waals surface area contributed by atoms with Crippen LogP contribution >= 0.6 is 0 Å². The van der Waals surface area contributed by atoms with Crippen molar-refractivity contribution >= 4 is 17.6 Å². The molecular weight excluding hydrogens is 264 g/mol. The summed E-state index contributed by atoms with van der Waals surface area (Å²) in [5.74, 6) is -1.81. The maximum absolute atomic E-state index is 12.0. The van der Waals surface area contributed by atoms with E-state index in [2.05, 4.69) is 5.32 Å². The lowest BCUT2D eigenvalue weighted by Crippen LogP contribution is -2.49. The van der Waals surface area contributed by atoms with Gasteiger partial charge in [0.15, 0.2) is 0 Å². The third-order valence-electron chi connectivity index (χ3n) is 2.71. The maximum Gasteiger partial charge on any atom is 0.326 e. The number of hydrogen-bond donors (Lipinski definition) is 2. The fourth-order valence-electron chi connectivity index (χ4n) is 1.62. The monoisotopic (exact) mass is 280 g/mol. The van der Waals surface area contributed by atoms with Gasteiger partial charge in [-0.3, -0.25) is 14.9 Å². The molecule has 0 unspecified atom stereocenters. The summed E-state index contributed by atoms with van der Waals surface area (Å²) in [7, 11) is 0. The van der Waals surface area contributed by atoms with Gasteiger partial charge in [0, 0.05) is 17.7 Å². The van der Waals surface area contributed by atoms with Crippen LogP contribution in [-0.2, 0) is 4.79 Å². The first kappa shape index (κ1) is 15.6. The number of nitro benzene ring substituents is 1. The van der Waals surface area contributed by atoms with E-state index >= 15 is 0 Å². The standard InChI is InChI=1S/C13H16N2O5/c1-13(2,3)10(12(17)18)14-11(16)8-5-4-6-9(7-8)15(19)20/h4-7,10H,1-3H3,(H,14,16)(H,17,18)/t10-/m0/s1. The molecule has 0 fully saturated rings. The number of hydrogen-bond acceptors (Lipinski definition) is 4. The van der Waals surface area contributed by atoms with Crippen molar-refractivity contribution in [2.45, 2.75) is 26.8 Å². The van der Waals surface area contributed by atoms with Crippen molar-refractivity contribution in [1.82, 2.24) is 5.32 Å². The van der Waals surface area contributed by atoms with Gasteiger partial charge in [0.1, 0.15) is 6.04 Å². The van der Waals surface area contributed by atoms with Gasteiger partial charge in [-0.15, -0.1) is 0 Å². The number of carbonyl (C=O) groups excluding carboxylic acids is 1. The lowest BCUT2D eigenvalue weighted by atomic mass is 9.86. The van der Waals surface area contributed by atoms with Gasteiger partial charge in [-0.05, 0) is 11.5 Å². The fraction of sp³-hybridized carbons (Fsp3) is 0.385. The van der Waals surface area contributed by atoms with Gasteiger partial charge in [-0.25, -0.2) is 4.79 Å². The number of aliphatic carboxylic acids is 1. The number of rotatable bonds is 4. The molecule has 0 bridgehead atoms. The van der Waals surface area contributed by atoms with E-state index in [4.69, 9.17) is 5.11 Å². The molecule has 0 spiro atoms. The Balaban J connectivity index is 2.98. The molecule has 1 rings (SSSR count). The third kappa shape index (κ3) is 3.78. The van der Waals surface area contributed by atoms with Crippen molar-refractivity contribution in [3.63, 3.8) is 0 Å². The number of non-ortho nitro benzene ring substituents is 1. The number of carboxylic acid groups (broad SMARTS) is 1. The van der Waals surface area contributed by atoms with Crippen LogP contribution in [0.4, 0.5) is 5.69 Å². The van der Waals surface area contributed by atoms with Crippen LogP contribution in [0.15, 0.2) is 24.3 Å². The summed E-state index contributed by atoms with van der Waals surface area (Å²) >= 11 is 0. The average molecular weight is 280 g/mol. The number of nitro groups is 1. The second-order valence-corrected chi connectivity index (χ2v) is 5.42. The number of benzene rings is 1. The zero-order chi connectivity index (χ0) is 15.5. The molecule has 0 aliphatic rings. The van der Waals surface area contributed by atoms with Gasteiger partial charge in [0.05, 0.1) is 4.92 Å². The zero-order valence-electron chi connectivity index (χ0n) is 11.4. The molecule has 1 amide bonds. The summed E-state index contributed by atoms with van der Waals surface area (Å²) in [4.78, 5) is 33.2. The van der Waals surface area contributed by atoms with Gasteiger partial charge >= 0.3 is 5.97 Å². The van der Waals surface area contributed by atoms with E-state index < -0.39 is 28.3 Å². The molecule has 0 aromatic heterocycles. The molecular formula is C13H16N2O5. The third-order valence-corrected chi connectivity index (χ3v) is 2.71. The molecule has 7 heteroatoms. The number of carboxylic acids is 1. The van der Waals surface area contributed by atoms with Crippen molar-refractivity contribution in [1.29, 1.82) is 0 Å². The van der Waals surface area contributed by atoms with Crippen LogP contribution in [0.3, 0.4) is 0 Å². The summed E-state index contributed by atoms with van der Waals surface area (Å²) in [6, 6.07) is 4.05. The largest absolute Gasteiger partial charge is 0.480 e. The average Bonchev–Trinajstić information content (AvgIpc) is 2.33. The number of carbonyl (C=O) groups is 2. The Morgan fingerprint density at radius 1 is 1.35 bits per heavy atom. The highest BCUT2D eigenvalue weighted by Gasteiger charge is 2.32. The molecule has 0 radical (unpaired) electrons. The second kappa shape index (κ2) is 5.68. The predicted octanol–water partition coefficient (Wildman–Crippen LogP) is 1.82. The fourth-order valence-corrected chi connectivity index (χ4v) is 1.62. The van der Waals surface area contributed by atoms with E-state index in [9.17, 15) is 19.7 Å². The highest BCUT2D eigenvalue weighted by atomic mass is 16.6. The van der Waals surface area contributed by atoms with Crippen molar-refractivity contribution in [3.8, 4) is 0 Å². The van der Waals surface area contributed by atoms with E-state index in [-0.39, 0.29) is 11.3 Å². The second-order valence-electron chi connectivity index (χ2n) is 5.42. The van der Waals surface area contributed by atoms with Gasteiger partial charge in [-0.2, -0.15) is 0 Å². The smallest absolute Gasteiger partial charge is 0.326 e. The van der Waals surface area contributed by atoms with Gasteiger partial charge < -0.3 is 10.4 Å². The minimum atomic E-state index is -1.16. The molecule has 108 valence electrons. The van der Waals surface area contributed by atoms with Crippen LogP contribution in [-0.4, -0.2) is 27.9 Å². The van der Waals surface area contributed by atoms with E-state index in [0.717, 1.165) is 6.07 Å². The Bertz CT molecular complexity index is 548. The minimum Gasteiger partial charge on any atom is -0.480 e. The summed E-state index contributed by atoms with van der Waals surface area (Å²) < 4.78 is 0. The normalized spacial score (nSPS) is 12.6. The van der Waals surface area contributed by atoms with E-state index in [0.29, 0.717) is 0 Å². The molecule has 0 saturated carbocycles. The van der Waals surface area contributed by atoms with Gasteiger partial charge in [0.2, 0.25) is 0 Å². The van der Waals surface area contributed by atoms with Crippen LogP contribution in [0.2, 0.25) is 0 Å². The van der Waals surface area contributed by atoms with Crippen LogP contribution in [0.5, 0.6) is 0 Å². The molecule has 1 aromatic rings. The van der Waals surface area contributed by atoms with Gasteiger partial charge in [0.25, 0.3) is 11.6 Å². The Labute approximate surface area is 115 Å². The first-order valence-corrected chi connectivity index (χ1v) is 5.91. The Hall–Kier alpha value is -2.44. The van der Waals surface area contributed by atoms with Crippen molar-refractivity contribution < 1.29 is 19.6 Å². The molecule has 2 N–H and O–H groups in total. The SMILES string of the molecule is CC(C)(C)[C@@H](NC(=O)c1cccc([N+](=O)[O-])c1)C(=O)O. The molecule has 0 saturated heterocycles. The van der Waals surface area contributed by atoms with Crippen molar-refractivity contribution in [2.75, 3.05) is 0 Å². The quantitative estimate of drug-likeness (QED) is 0.645. The highest BCUT2D eigenvalue weighted by Crippen LogP contribution is 2.20. The first-order valence-electron chi connectivity index (χ1n) is 5.91. The van der Waals surface area contributed by atoms with Crippen LogP contribution < -0.4 is 5.32 Å². The Morgan fingerprint density at radius 2 is 1.95 bits per heavy atom. The maximum atomic E-state index is 12.0. The molecule has 0 heterocycles.